The maximum absolute atomic E-state index is 12.4. The number of allylic oxidation sites excluding steroid dienone is 5. The number of amides is 1. The van der Waals surface area contributed by atoms with Crippen molar-refractivity contribution in [1.29, 1.82) is 0 Å². The van der Waals surface area contributed by atoms with Gasteiger partial charge in [0.15, 0.2) is 0 Å². The highest BCUT2D eigenvalue weighted by Crippen LogP contribution is 2.17. The summed E-state index contributed by atoms with van der Waals surface area (Å²) in [4.78, 5) is 12.4. The van der Waals surface area contributed by atoms with Crippen molar-refractivity contribution >= 4 is 5.91 Å². The van der Waals surface area contributed by atoms with Crippen LogP contribution in [0.2, 0.25) is 0 Å². The second-order valence-electron chi connectivity index (χ2n) is 18.3. The highest BCUT2D eigenvalue weighted by atomic mass is 16.3. The van der Waals surface area contributed by atoms with Gasteiger partial charge >= 0.3 is 0 Å². The Morgan fingerprint density at radius 2 is 0.661 bits per heavy atom. The van der Waals surface area contributed by atoms with Gasteiger partial charge in [-0.05, 0) is 38.5 Å². The van der Waals surface area contributed by atoms with Crippen LogP contribution in [0, 0.1) is 0 Å². The number of rotatable bonds is 49. The molecule has 1 amide bonds. The summed E-state index contributed by atoms with van der Waals surface area (Å²) in [5, 5.41) is 22.9. The van der Waals surface area contributed by atoms with Gasteiger partial charge in [0, 0.05) is 6.42 Å². The van der Waals surface area contributed by atoms with Crippen molar-refractivity contribution < 1.29 is 15.0 Å². The Bertz CT molecular complexity index is 897. The lowest BCUT2D eigenvalue weighted by molar-refractivity contribution is -0.123. The van der Waals surface area contributed by atoms with Gasteiger partial charge in [-0.25, -0.2) is 0 Å². The summed E-state index contributed by atoms with van der Waals surface area (Å²) in [7, 11) is 0. The van der Waals surface area contributed by atoms with Gasteiger partial charge < -0.3 is 15.5 Å². The number of carbonyl (C=O) groups excluding carboxylic acids is 1. The first-order chi connectivity index (χ1) is 29.2. The van der Waals surface area contributed by atoms with Crippen LogP contribution in [0.1, 0.15) is 290 Å². The molecule has 2 unspecified atom stereocenters. The zero-order valence-corrected chi connectivity index (χ0v) is 40.0. The first-order valence-electron chi connectivity index (χ1n) is 26.7. The Morgan fingerprint density at radius 3 is 0.949 bits per heavy atom. The maximum atomic E-state index is 12.4. The highest BCUT2D eigenvalue weighted by molar-refractivity contribution is 5.76. The zero-order chi connectivity index (χ0) is 42.8. The third-order valence-electron chi connectivity index (χ3n) is 12.3. The van der Waals surface area contributed by atoms with Crippen LogP contribution >= 0.6 is 0 Å². The standard InChI is InChI=1S/C55H105NO3/c1-3-5-7-9-11-13-15-16-17-18-19-20-21-22-23-24-25-26-27-28-29-30-31-32-33-34-35-36-37-38-39-41-43-45-47-49-51-55(59)56-53(52-57)54(58)50-48-46-44-42-40-14-12-10-8-6-4-2/h8,10,40,42,48,50,53-54,57-58H,3-7,9,11-39,41,43-47,49,51-52H2,1-2H3,(H,56,59)/b10-8+,42-40+,50-48+. The summed E-state index contributed by atoms with van der Waals surface area (Å²) in [6.45, 7) is 4.24. The molecule has 4 heteroatoms. The van der Waals surface area contributed by atoms with Crippen molar-refractivity contribution in [2.24, 2.45) is 0 Å². The van der Waals surface area contributed by atoms with Crippen LogP contribution in [0.5, 0.6) is 0 Å². The van der Waals surface area contributed by atoms with Gasteiger partial charge in [-0.2, -0.15) is 0 Å². The maximum Gasteiger partial charge on any atom is 0.220 e. The molecule has 0 aromatic carbocycles. The van der Waals surface area contributed by atoms with E-state index < -0.39 is 12.1 Å². The number of nitrogens with one attached hydrogen (secondary N) is 1. The van der Waals surface area contributed by atoms with Crippen molar-refractivity contribution in [2.45, 2.75) is 302 Å². The van der Waals surface area contributed by atoms with E-state index in [0.717, 1.165) is 44.9 Å². The van der Waals surface area contributed by atoms with Crippen LogP contribution in [0.15, 0.2) is 36.5 Å². The van der Waals surface area contributed by atoms with E-state index in [2.05, 4.69) is 43.5 Å². The third-order valence-corrected chi connectivity index (χ3v) is 12.3. The van der Waals surface area contributed by atoms with Crippen molar-refractivity contribution in [3.63, 3.8) is 0 Å². The molecule has 0 heterocycles. The van der Waals surface area contributed by atoms with Gasteiger partial charge in [0.05, 0.1) is 18.8 Å². The lowest BCUT2D eigenvalue weighted by Gasteiger charge is -2.19. The average molecular weight is 828 g/mol. The molecule has 0 spiro atoms. The summed E-state index contributed by atoms with van der Waals surface area (Å²) in [6, 6.07) is -0.642. The summed E-state index contributed by atoms with van der Waals surface area (Å²) in [5.41, 5.74) is 0. The molecule has 0 aromatic rings. The van der Waals surface area contributed by atoms with E-state index in [9.17, 15) is 15.0 Å². The molecular formula is C55H105NO3. The Hall–Kier alpha value is -1.39. The van der Waals surface area contributed by atoms with E-state index in [1.165, 1.54) is 225 Å². The van der Waals surface area contributed by atoms with E-state index in [-0.39, 0.29) is 12.5 Å². The molecule has 0 saturated heterocycles. The van der Waals surface area contributed by atoms with Gasteiger partial charge in [0.2, 0.25) is 5.91 Å². The summed E-state index contributed by atoms with van der Waals surface area (Å²) in [5.74, 6) is -0.0754. The molecule has 3 N–H and O–H groups in total. The molecule has 0 aliphatic heterocycles. The van der Waals surface area contributed by atoms with Crippen molar-refractivity contribution in [3.8, 4) is 0 Å². The SMILES string of the molecule is CCC/C=C/CC/C=C/CC/C=C/C(O)C(CO)NC(=O)CCCCCCCCCCCCCCCCCCCCCCCCCCCCCCCCCCCCCC. The number of unbranched alkanes of at least 4 members (excludes halogenated alkanes) is 38. The van der Waals surface area contributed by atoms with E-state index in [4.69, 9.17) is 0 Å². The van der Waals surface area contributed by atoms with Crippen molar-refractivity contribution in [1.82, 2.24) is 5.32 Å². The molecule has 348 valence electrons. The zero-order valence-electron chi connectivity index (χ0n) is 40.0. The number of hydrogen-bond donors (Lipinski definition) is 3. The van der Waals surface area contributed by atoms with Crippen LogP contribution < -0.4 is 5.32 Å². The van der Waals surface area contributed by atoms with E-state index in [0.29, 0.717) is 6.42 Å². The van der Waals surface area contributed by atoms with E-state index >= 15 is 0 Å². The topological polar surface area (TPSA) is 69.6 Å². The van der Waals surface area contributed by atoms with E-state index in [1.54, 1.807) is 6.08 Å². The average Bonchev–Trinajstić information content (AvgIpc) is 3.24. The Balaban J connectivity index is 3.36. The molecule has 0 aromatic heterocycles. The van der Waals surface area contributed by atoms with Crippen LogP contribution in [-0.2, 0) is 4.79 Å². The smallest absolute Gasteiger partial charge is 0.220 e. The second kappa shape index (κ2) is 51.0. The molecular weight excluding hydrogens is 723 g/mol. The number of hydrogen-bond acceptors (Lipinski definition) is 3. The molecule has 0 aliphatic carbocycles. The summed E-state index contributed by atoms with van der Waals surface area (Å²) in [6.07, 6.45) is 69.0. The second-order valence-corrected chi connectivity index (χ2v) is 18.3. The fraction of sp³-hybridized carbons (Fsp3) is 0.873. The lowest BCUT2D eigenvalue weighted by Crippen LogP contribution is -2.45. The minimum absolute atomic E-state index is 0.0754. The molecule has 0 rings (SSSR count). The molecule has 4 nitrogen and oxygen atoms in total. The predicted octanol–water partition coefficient (Wildman–Crippen LogP) is 17.3. The van der Waals surface area contributed by atoms with Crippen LogP contribution in [0.3, 0.4) is 0 Å². The quantitative estimate of drug-likeness (QED) is 0.0423. The van der Waals surface area contributed by atoms with Gasteiger partial charge in [0.25, 0.3) is 0 Å². The molecule has 2 atom stereocenters. The van der Waals surface area contributed by atoms with Crippen LogP contribution in [0.4, 0.5) is 0 Å². The minimum atomic E-state index is -0.866. The molecule has 59 heavy (non-hydrogen) atoms. The number of carbonyl (C=O) groups is 1. The third kappa shape index (κ3) is 47.5. The minimum Gasteiger partial charge on any atom is -0.394 e. The fourth-order valence-electron chi connectivity index (χ4n) is 8.28. The monoisotopic (exact) mass is 828 g/mol. The Labute approximate surface area is 370 Å². The number of aliphatic hydroxyl groups excluding tert-OH is 2. The first-order valence-corrected chi connectivity index (χ1v) is 26.7. The molecule has 0 saturated carbocycles. The molecule has 0 bridgehead atoms. The Kier molecular flexibility index (Phi) is 49.8. The molecule has 0 radical (unpaired) electrons. The lowest BCUT2D eigenvalue weighted by atomic mass is 10.0. The van der Waals surface area contributed by atoms with Gasteiger partial charge in [-0.15, -0.1) is 0 Å². The Morgan fingerprint density at radius 1 is 0.390 bits per heavy atom. The van der Waals surface area contributed by atoms with Crippen molar-refractivity contribution in [2.75, 3.05) is 6.61 Å². The van der Waals surface area contributed by atoms with Crippen LogP contribution in [0.25, 0.3) is 0 Å². The van der Waals surface area contributed by atoms with Gasteiger partial charge in [-0.1, -0.05) is 281 Å². The normalized spacial score (nSPS) is 13.1. The molecule has 0 fully saturated rings. The van der Waals surface area contributed by atoms with E-state index in [1.807, 2.05) is 6.08 Å². The number of aliphatic hydroxyl groups is 2. The summed E-state index contributed by atoms with van der Waals surface area (Å²) < 4.78 is 0. The van der Waals surface area contributed by atoms with Gasteiger partial charge in [0.1, 0.15) is 0 Å². The largest absolute Gasteiger partial charge is 0.394 e. The first kappa shape index (κ1) is 57.6. The van der Waals surface area contributed by atoms with Crippen LogP contribution in [-0.4, -0.2) is 34.9 Å². The fourth-order valence-corrected chi connectivity index (χ4v) is 8.28. The molecule has 0 aliphatic rings. The van der Waals surface area contributed by atoms with Gasteiger partial charge in [-0.3, -0.25) is 4.79 Å². The van der Waals surface area contributed by atoms with Crippen molar-refractivity contribution in [3.05, 3.63) is 36.5 Å². The summed E-state index contributed by atoms with van der Waals surface area (Å²) >= 11 is 0. The highest BCUT2D eigenvalue weighted by Gasteiger charge is 2.18. The predicted molar refractivity (Wildman–Crippen MR) is 262 cm³/mol.